The van der Waals surface area contributed by atoms with Gasteiger partial charge in [0.05, 0.1) is 24.0 Å². The number of imide groups is 1. The van der Waals surface area contributed by atoms with Gasteiger partial charge in [0.1, 0.15) is 30.2 Å². The molecule has 3 N–H and O–H groups in total. The molecule has 3 aromatic rings. The molecule has 0 bridgehead atoms. The Kier molecular flexibility index (Phi) is 5.97. The van der Waals surface area contributed by atoms with Gasteiger partial charge < -0.3 is 30.0 Å². The molecule has 0 saturated carbocycles. The summed E-state index contributed by atoms with van der Waals surface area (Å²) in [5.74, 6) is -1.44. The Bertz CT molecular complexity index is 1440. The number of hydrogen-bond acceptors (Lipinski definition) is 10. The molecule has 0 radical (unpaired) electrons. The molecule has 14 nitrogen and oxygen atoms in total. The van der Waals surface area contributed by atoms with Gasteiger partial charge in [-0.1, -0.05) is 12.1 Å². The average molecular weight is 538 g/mol. The second kappa shape index (κ2) is 9.25. The fourth-order valence-electron chi connectivity index (χ4n) is 5.43. The molecular formula is C25H27N7O7. The molecule has 2 saturated heterocycles. The highest BCUT2D eigenvalue weighted by atomic mass is 16.8. The van der Waals surface area contributed by atoms with Crippen LogP contribution in [0.3, 0.4) is 0 Å². The molecule has 6 rings (SSSR count). The number of carbonyl (C=O) groups is 3. The van der Waals surface area contributed by atoms with E-state index in [-0.39, 0.29) is 43.7 Å². The van der Waals surface area contributed by atoms with Crippen LogP contribution in [0, 0.1) is 0 Å². The van der Waals surface area contributed by atoms with Crippen LogP contribution in [0.25, 0.3) is 11.2 Å². The summed E-state index contributed by atoms with van der Waals surface area (Å²) in [5, 5.41) is 9.94. The van der Waals surface area contributed by atoms with Gasteiger partial charge in [-0.15, -0.1) is 0 Å². The number of carboxylic acid groups (broad SMARTS) is 1. The molecule has 3 aliphatic rings. The van der Waals surface area contributed by atoms with Gasteiger partial charge in [0.2, 0.25) is 0 Å². The molecule has 14 heteroatoms. The van der Waals surface area contributed by atoms with Crippen molar-refractivity contribution in [1.29, 1.82) is 0 Å². The predicted octanol–water partition coefficient (Wildman–Crippen LogP) is 1.49. The van der Waals surface area contributed by atoms with Gasteiger partial charge in [-0.2, -0.15) is 0 Å². The lowest BCUT2D eigenvalue weighted by atomic mass is 10.1. The van der Waals surface area contributed by atoms with Crippen molar-refractivity contribution < 1.29 is 33.7 Å². The number of aromatic nitrogens is 4. The number of anilines is 1. The first-order valence-electron chi connectivity index (χ1n) is 12.5. The lowest BCUT2D eigenvalue weighted by molar-refractivity contribution is -0.197. The standard InChI is InChI=1S/C25H27N7O7/c1-25(2)38-17-15(37-23(18(17)39-25)32-12-29-16-19(26)27-11-28-20(16)32)10-30(24(35)36)8-5-9-31-21(33)13-6-3-4-7-14(13)22(31)34/h3-4,6-7,11-12,15,17-18,23H,5,8-10H2,1-2H3,(H,35,36)(H2,26,27,28)/t15-,17-,18-,23-/m1/s1. The van der Waals surface area contributed by atoms with Crippen molar-refractivity contribution in [2.45, 2.75) is 50.6 Å². The maximum absolute atomic E-state index is 12.6. The Morgan fingerprint density at radius 1 is 1.10 bits per heavy atom. The monoisotopic (exact) mass is 537 g/mol. The van der Waals surface area contributed by atoms with Gasteiger partial charge in [0.25, 0.3) is 11.8 Å². The SMILES string of the molecule is CC1(C)O[C@@H]2[C@H](O1)[C@@H](CN(CCCN1C(=O)c3ccccc3C1=O)C(=O)O)O[C@H]2n1cnc2c(N)ncnc21. The number of amides is 3. The second-order valence-electron chi connectivity index (χ2n) is 10.1. The molecule has 1 aromatic carbocycles. The number of nitrogens with zero attached hydrogens (tertiary/aromatic N) is 6. The van der Waals surface area contributed by atoms with E-state index in [2.05, 4.69) is 15.0 Å². The largest absolute Gasteiger partial charge is 0.465 e. The molecule has 4 atom stereocenters. The van der Waals surface area contributed by atoms with Crippen LogP contribution in [0.2, 0.25) is 0 Å². The summed E-state index contributed by atoms with van der Waals surface area (Å²) < 4.78 is 20.3. The van der Waals surface area contributed by atoms with Crippen LogP contribution in [-0.2, 0) is 14.2 Å². The lowest BCUT2D eigenvalue weighted by Gasteiger charge is -2.28. The summed E-state index contributed by atoms with van der Waals surface area (Å²) in [6.45, 7) is 3.71. The smallest absolute Gasteiger partial charge is 0.407 e. The Morgan fingerprint density at radius 2 is 1.79 bits per heavy atom. The minimum atomic E-state index is -1.16. The number of imidazole rings is 1. The van der Waals surface area contributed by atoms with Crippen LogP contribution < -0.4 is 5.73 Å². The zero-order chi connectivity index (χ0) is 27.5. The number of hydrogen-bond donors (Lipinski definition) is 2. The van der Waals surface area contributed by atoms with Crippen molar-refractivity contribution in [3.63, 3.8) is 0 Å². The number of nitrogens with two attached hydrogens (primary N) is 1. The summed E-state index contributed by atoms with van der Waals surface area (Å²) in [6.07, 6.45) is -0.543. The zero-order valence-electron chi connectivity index (χ0n) is 21.3. The second-order valence-corrected chi connectivity index (χ2v) is 10.1. The maximum atomic E-state index is 12.6. The highest BCUT2D eigenvalue weighted by Crippen LogP contribution is 2.44. The molecule has 0 spiro atoms. The van der Waals surface area contributed by atoms with Crippen molar-refractivity contribution in [3.8, 4) is 0 Å². The van der Waals surface area contributed by atoms with Crippen molar-refractivity contribution >= 4 is 34.9 Å². The number of carbonyl (C=O) groups excluding carboxylic acids is 2. The van der Waals surface area contributed by atoms with Gasteiger partial charge >= 0.3 is 6.09 Å². The minimum absolute atomic E-state index is 0.0156. The van der Waals surface area contributed by atoms with Crippen LogP contribution in [-0.4, -0.2) is 96.1 Å². The fourth-order valence-corrected chi connectivity index (χ4v) is 5.43. The maximum Gasteiger partial charge on any atom is 0.407 e. The topological polar surface area (TPSA) is 175 Å². The van der Waals surface area contributed by atoms with E-state index < -0.39 is 36.4 Å². The molecular weight excluding hydrogens is 510 g/mol. The number of rotatable bonds is 7. The minimum Gasteiger partial charge on any atom is -0.465 e. The number of fused-ring (bicyclic) bond motifs is 3. The van der Waals surface area contributed by atoms with E-state index >= 15 is 0 Å². The van der Waals surface area contributed by atoms with Crippen molar-refractivity contribution in [3.05, 3.63) is 48.0 Å². The van der Waals surface area contributed by atoms with E-state index in [0.717, 1.165) is 4.90 Å². The molecule has 204 valence electrons. The van der Waals surface area contributed by atoms with E-state index in [1.165, 1.54) is 17.6 Å². The fraction of sp³-hybridized carbons (Fsp3) is 0.440. The van der Waals surface area contributed by atoms with Gasteiger partial charge in [-0.3, -0.25) is 19.1 Å². The molecule has 5 heterocycles. The number of benzene rings is 1. The summed E-state index contributed by atoms with van der Waals surface area (Å²) in [6, 6.07) is 6.62. The molecule has 0 aliphatic carbocycles. The molecule has 2 fully saturated rings. The molecule has 3 aliphatic heterocycles. The summed E-state index contributed by atoms with van der Waals surface area (Å²) in [7, 11) is 0. The first-order valence-corrected chi connectivity index (χ1v) is 12.5. The third-order valence-corrected chi connectivity index (χ3v) is 7.15. The molecule has 2 aromatic heterocycles. The van der Waals surface area contributed by atoms with Crippen molar-refractivity contribution in [2.75, 3.05) is 25.4 Å². The van der Waals surface area contributed by atoms with Crippen molar-refractivity contribution in [2.24, 2.45) is 0 Å². The molecule has 39 heavy (non-hydrogen) atoms. The Labute approximate surface area is 222 Å². The van der Waals surface area contributed by atoms with E-state index in [4.69, 9.17) is 19.9 Å². The first kappa shape index (κ1) is 25.2. The first-order chi connectivity index (χ1) is 18.6. The third kappa shape index (κ3) is 4.26. The summed E-state index contributed by atoms with van der Waals surface area (Å²) >= 11 is 0. The third-order valence-electron chi connectivity index (χ3n) is 7.15. The molecule has 0 unspecified atom stereocenters. The Balaban J connectivity index is 1.17. The van der Waals surface area contributed by atoms with Crippen LogP contribution in [0.15, 0.2) is 36.9 Å². The van der Waals surface area contributed by atoms with Gasteiger partial charge in [-0.05, 0) is 32.4 Å². The lowest BCUT2D eigenvalue weighted by Crippen LogP contribution is -2.43. The van der Waals surface area contributed by atoms with Crippen LogP contribution in [0.5, 0.6) is 0 Å². The van der Waals surface area contributed by atoms with E-state index in [0.29, 0.717) is 22.3 Å². The van der Waals surface area contributed by atoms with Crippen LogP contribution in [0.4, 0.5) is 10.6 Å². The highest BCUT2D eigenvalue weighted by molar-refractivity contribution is 6.21. The number of nitrogen functional groups attached to an aromatic ring is 1. The summed E-state index contributed by atoms with van der Waals surface area (Å²) in [4.78, 5) is 52.4. The van der Waals surface area contributed by atoms with Crippen LogP contribution in [0.1, 0.15) is 47.2 Å². The predicted molar refractivity (Wildman–Crippen MR) is 133 cm³/mol. The van der Waals surface area contributed by atoms with Crippen molar-refractivity contribution in [1.82, 2.24) is 29.3 Å². The Hall–Kier alpha value is -4.14. The van der Waals surface area contributed by atoms with Gasteiger partial charge in [0.15, 0.2) is 23.5 Å². The highest BCUT2D eigenvalue weighted by Gasteiger charge is 2.56. The zero-order valence-corrected chi connectivity index (χ0v) is 21.3. The Morgan fingerprint density at radius 3 is 2.49 bits per heavy atom. The summed E-state index contributed by atoms with van der Waals surface area (Å²) in [5.41, 5.74) is 7.52. The number of ether oxygens (including phenoxy) is 3. The van der Waals surface area contributed by atoms with E-state index in [1.54, 1.807) is 42.7 Å². The molecule has 3 amide bonds. The van der Waals surface area contributed by atoms with Gasteiger partial charge in [-0.25, -0.2) is 19.7 Å². The van der Waals surface area contributed by atoms with Crippen LogP contribution >= 0.6 is 0 Å². The quantitative estimate of drug-likeness (QED) is 0.418. The van der Waals surface area contributed by atoms with E-state index in [9.17, 15) is 19.5 Å². The van der Waals surface area contributed by atoms with E-state index in [1.807, 2.05) is 0 Å². The average Bonchev–Trinajstić information content (AvgIpc) is 3.61. The van der Waals surface area contributed by atoms with Gasteiger partial charge in [0, 0.05) is 13.1 Å². The normalized spacial score (nSPS) is 25.3.